The van der Waals surface area contributed by atoms with Crippen molar-refractivity contribution in [3.05, 3.63) is 22.8 Å². The van der Waals surface area contributed by atoms with E-state index in [0.717, 1.165) is 5.75 Å². The molecule has 1 atom stereocenters. The van der Waals surface area contributed by atoms with Gasteiger partial charge in [0.15, 0.2) is 11.5 Å². The fourth-order valence-corrected chi connectivity index (χ4v) is 3.22. The average Bonchev–Trinajstić information content (AvgIpc) is 2.46. The highest BCUT2D eigenvalue weighted by Gasteiger charge is 2.38. The SMILES string of the molecule is FC(F)(F)c1nc(C2CSCCO2)nc2c1CNCC2. The maximum Gasteiger partial charge on any atom is 0.433 e. The topological polar surface area (TPSA) is 47.0 Å². The molecule has 0 aliphatic carbocycles. The molecule has 1 saturated heterocycles. The Labute approximate surface area is 118 Å². The molecule has 1 aromatic heterocycles. The van der Waals surface area contributed by atoms with Crippen LogP contribution in [0.3, 0.4) is 0 Å². The van der Waals surface area contributed by atoms with E-state index in [0.29, 0.717) is 31.0 Å². The van der Waals surface area contributed by atoms with Gasteiger partial charge in [-0.2, -0.15) is 24.9 Å². The highest BCUT2D eigenvalue weighted by Crippen LogP contribution is 2.34. The Bertz CT molecular complexity index is 503. The number of hydrogen-bond acceptors (Lipinski definition) is 5. The molecule has 8 heteroatoms. The summed E-state index contributed by atoms with van der Waals surface area (Å²) in [7, 11) is 0. The molecule has 3 rings (SSSR count). The molecule has 3 heterocycles. The first-order chi connectivity index (χ1) is 9.55. The van der Waals surface area contributed by atoms with E-state index in [1.165, 1.54) is 0 Å². The summed E-state index contributed by atoms with van der Waals surface area (Å²) in [5, 5.41) is 2.94. The van der Waals surface area contributed by atoms with Gasteiger partial charge in [-0.05, 0) is 0 Å². The Morgan fingerprint density at radius 3 is 2.85 bits per heavy atom. The lowest BCUT2D eigenvalue weighted by Crippen LogP contribution is -2.30. The van der Waals surface area contributed by atoms with Gasteiger partial charge in [0.05, 0.1) is 12.3 Å². The van der Waals surface area contributed by atoms with Gasteiger partial charge in [-0.25, -0.2) is 9.97 Å². The van der Waals surface area contributed by atoms with E-state index in [9.17, 15) is 13.2 Å². The van der Waals surface area contributed by atoms with Crippen molar-refractivity contribution in [2.75, 3.05) is 24.7 Å². The Hall–Kier alpha value is -0.860. The van der Waals surface area contributed by atoms with Gasteiger partial charge < -0.3 is 10.1 Å². The maximum absolute atomic E-state index is 13.2. The minimum absolute atomic E-state index is 0.171. The molecule has 2 aliphatic rings. The number of halogens is 3. The van der Waals surface area contributed by atoms with Crippen LogP contribution in [0, 0.1) is 0 Å². The molecule has 20 heavy (non-hydrogen) atoms. The molecule has 0 amide bonds. The summed E-state index contributed by atoms with van der Waals surface area (Å²) in [6.45, 7) is 1.34. The molecule has 110 valence electrons. The summed E-state index contributed by atoms with van der Waals surface area (Å²) < 4.78 is 45.0. The van der Waals surface area contributed by atoms with Gasteiger partial charge in [0.25, 0.3) is 0 Å². The second-order valence-corrected chi connectivity index (χ2v) is 5.86. The quantitative estimate of drug-likeness (QED) is 0.859. The van der Waals surface area contributed by atoms with Crippen molar-refractivity contribution >= 4 is 11.8 Å². The third-order valence-electron chi connectivity index (χ3n) is 3.32. The van der Waals surface area contributed by atoms with Gasteiger partial charge in [0.2, 0.25) is 0 Å². The van der Waals surface area contributed by atoms with E-state index in [4.69, 9.17) is 4.74 Å². The maximum atomic E-state index is 13.2. The van der Waals surface area contributed by atoms with Gasteiger partial charge in [-0.1, -0.05) is 0 Å². The van der Waals surface area contributed by atoms with Crippen LogP contribution in [0.1, 0.15) is 28.9 Å². The molecule has 0 spiro atoms. The predicted molar refractivity (Wildman–Crippen MR) is 68.5 cm³/mol. The lowest BCUT2D eigenvalue weighted by atomic mass is 10.0. The van der Waals surface area contributed by atoms with Crippen LogP contribution < -0.4 is 5.32 Å². The van der Waals surface area contributed by atoms with E-state index in [-0.39, 0.29) is 17.9 Å². The van der Waals surface area contributed by atoms with Gasteiger partial charge >= 0.3 is 6.18 Å². The van der Waals surface area contributed by atoms with Crippen LogP contribution in [0.15, 0.2) is 0 Å². The van der Waals surface area contributed by atoms with Gasteiger partial charge in [-0.3, -0.25) is 0 Å². The fourth-order valence-electron chi connectivity index (χ4n) is 2.38. The van der Waals surface area contributed by atoms with E-state index >= 15 is 0 Å². The summed E-state index contributed by atoms with van der Waals surface area (Å²) in [6.07, 6.45) is -4.40. The Balaban J connectivity index is 2.03. The molecule has 1 fully saturated rings. The summed E-state index contributed by atoms with van der Waals surface area (Å²) in [5.41, 5.74) is -0.139. The highest BCUT2D eigenvalue weighted by molar-refractivity contribution is 7.99. The van der Waals surface area contributed by atoms with Crippen molar-refractivity contribution in [1.29, 1.82) is 0 Å². The van der Waals surface area contributed by atoms with Crippen molar-refractivity contribution in [1.82, 2.24) is 15.3 Å². The zero-order chi connectivity index (χ0) is 14.2. The standard InChI is InChI=1S/C12H14F3N3OS/c13-12(14,15)10-7-5-16-2-1-8(7)17-11(18-10)9-6-20-4-3-19-9/h9,16H,1-6H2. The fraction of sp³-hybridized carbons (Fsp3) is 0.667. The second kappa shape index (κ2) is 5.50. The second-order valence-electron chi connectivity index (χ2n) is 4.71. The van der Waals surface area contributed by atoms with E-state index in [2.05, 4.69) is 15.3 Å². The third-order valence-corrected chi connectivity index (χ3v) is 4.32. The number of nitrogens with one attached hydrogen (secondary N) is 1. The zero-order valence-electron chi connectivity index (χ0n) is 10.7. The molecule has 1 unspecified atom stereocenters. The first kappa shape index (κ1) is 14.1. The van der Waals surface area contributed by atoms with E-state index in [1.54, 1.807) is 11.8 Å². The van der Waals surface area contributed by atoms with Gasteiger partial charge in [0.1, 0.15) is 6.10 Å². The Morgan fingerprint density at radius 1 is 1.30 bits per heavy atom. The van der Waals surface area contributed by atoms with Crippen molar-refractivity contribution in [2.24, 2.45) is 0 Å². The zero-order valence-corrected chi connectivity index (χ0v) is 11.5. The smallest absolute Gasteiger partial charge is 0.368 e. The lowest BCUT2D eigenvalue weighted by Gasteiger charge is -2.25. The molecule has 0 radical (unpaired) electrons. The average molecular weight is 305 g/mol. The van der Waals surface area contributed by atoms with Crippen LogP contribution in [-0.4, -0.2) is 34.6 Å². The number of alkyl halides is 3. The van der Waals surface area contributed by atoms with Crippen molar-refractivity contribution < 1.29 is 17.9 Å². The van der Waals surface area contributed by atoms with Crippen LogP contribution in [-0.2, 0) is 23.9 Å². The predicted octanol–water partition coefficient (Wildman–Crippen LogP) is 1.95. The summed E-state index contributed by atoms with van der Waals surface area (Å²) in [4.78, 5) is 8.09. The van der Waals surface area contributed by atoms with Gasteiger partial charge in [-0.15, -0.1) is 0 Å². The number of hydrogen-bond donors (Lipinski definition) is 1. The number of nitrogens with zero attached hydrogens (tertiary/aromatic N) is 2. The van der Waals surface area contributed by atoms with Crippen LogP contribution in [0.25, 0.3) is 0 Å². The lowest BCUT2D eigenvalue weighted by molar-refractivity contribution is -0.142. The van der Waals surface area contributed by atoms with Crippen LogP contribution in [0.2, 0.25) is 0 Å². The van der Waals surface area contributed by atoms with Crippen LogP contribution in [0.4, 0.5) is 13.2 Å². The number of fused-ring (bicyclic) bond motifs is 1. The summed E-state index contributed by atoms with van der Waals surface area (Å²) >= 11 is 1.65. The number of ether oxygens (including phenoxy) is 1. The molecular formula is C12H14F3N3OS. The highest BCUT2D eigenvalue weighted by atomic mass is 32.2. The molecule has 2 aliphatic heterocycles. The minimum atomic E-state index is -4.46. The number of rotatable bonds is 1. The van der Waals surface area contributed by atoms with E-state index < -0.39 is 18.0 Å². The molecule has 0 bridgehead atoms. The van der Waals surface area contributed by atoms with E-state index in [1.807, 2.05) is 0 Å². The largest absolute Gasteiger partial charge is 0.433 e. The van der Waals surface area contributed by atoms with Crippen molar-refractivity contribution in [2.45, 2.75) is 25.2 Å². The molecule has 1 aromatic rings. The van der Waals surface area contributed by atoms with Crippen molar-refractivity contribution in [3.8, 4) is 0 Å². The molecular weight excluding hydrogens is 291 g/mol. The molecule has 4 nitrogen and oxygen atoms in total. The first-order valence-electron chi connectivity index (χ1n) is 6.42. The van der Waals surface area contributed by atoms with Crippen molar-refractivity contribution in [3.63, 3.8) is 0 Å². The Kier molecular flexibility index (Phi) is 3.87. The molecule has 0 saturated carbocycles. The monoisotopic (exact) mass is 305 g/mol. The molecule has 0 aromatic carbocycles. The number of thioether (sulfide) groups is 1. The third kappa shape index (κ3) is 2.77. The molecule has 1 N–H and O–H groups in total. The van der Waals surface area contributed by atoms with Gasteiger partial charge in [0, 0.05) is 36.6 Å². The normalized spacial score (nSPS) is 23.4. The first-order valence-corrected chi connectivity index (χ1v) is 7.58. The minimum Gasteiger partial charge on any atom is -0.368 e. The van der Waals surface area contributed by atoms with Crippen LogP contribution in [0.5, 0.6) is 0 Å². The summed E-state index contributed by atoms with van der Waals surface area (Å²) in [5.74, 6) is 1.64. The summed E-state index contributed by atoms with van der Waals surface area (Å²) in [6, 6.07) is 0. The van der Waals surface area contributed by atoms with Crippen LogP contribution >= 0.6 is 11.8 Å². The Morgan fingerprint density at radius 2 is 2.15 bits per heavy atom. The number of aromatic nitrogens is 2.